The molecule has 5 nitrogen and oxygen atoms in total. The number of rotatable bonds is 5. The molecule has 1 aliphatic heterocycles. The van der Waals surface area contributed by atoms with Gasteiger partial charge in [0, 0.05) is 17.5 Å². The van der Waals surface area contributed by atoms with Crippen molar-refractivity contribution in [3.8, 4) is 0 Å². The van der Waals surface area contributed by atoms with E-state index in [-0.39, 0.29) is 24.0 Å². The molecule has 1 aliphatic rings. The van der Waals surface area contributed by atoms with Gasteiger partial charge in [0.05, 0.1) is 17.2 Å². The summed E-state index contributed by atoms with van der Waals surface area (Å²) >= 11 is 1.69. The Morgan fingerprint density at radius 1 is 1.52 bits per heavy atom. The molecule has 0 aromatic carbocycles. The van der Waals surface area contributed by atoms with Crippen molar-refractivity contribution >= 4 is 41.3 Å². The van der Waals surface area contributed by atoms with E-state index in [4.69, 9.17) is 5.73 Å². The summed E-state index contributed by atoms with van der Waals surface area (Å²) in [5.41, 5.74) is 7.01. The first-order valence-electron chi connectivity index (χ1n) is 7.31. The average molecular weight is 423 g/mol. The lowest BCUT2D eigenvalue weighted by atomic mass is 10.2. The third kappa shape index (κ3) is 5.37. The molecule has 1 atom stereocenters. The lowest BCUT2D eigenvalue weighted by Crippen LogP contribution is -2.42. The molecule has 1 unspecified atom stereocenters. The van der Waals surface area contributed by atoms with Crippen LogP contribution in [0.25, 0.3) is 0 Å². The second-order valence-electron chi connectivity index (χ2n) is 5.25. The number of likely N-dealkylation sites (tertiary alicyclic amines) is 1. The van der Waals surface area contributed by atoms with Crippen LogP contribution in [0.15, 0.2) is 4.99 Å². The van der Waals surface area contributed by atoms with Crippen LogP contribution in [-0.4, -0.2) is 41.5 Å². The van der Waals surface area contributed by atoms with Gasteiger partial charge in [-0.05, 0) is 39.8 Å². The van der Waals surface area contributed by atoms with Gasteiger partial charge < -0.3 is 11.1 Å². The van der Waals surface area contributed by atoms with Gasteiger partial charge in [0.2, 0.25) is 0 Å². The Morgan fingerprint density at radius 2 is 2.29 bits per heavy atom. The number of nitrogens with zero attached hydrogens (tertiary/aromatic N) is 3. The molecular weight excluding hydrogens is 397 g/mol. The quantitative estimate of drug-likeness (QED) is 0.433. The van der Waals surface area contributed by atoms with E-state index in [0.717, 1.165) is 23.8 Å². The van der Waals surface area contributed by atoms with E-state index < -0.39 is 0 Å². The van der Waals surface area contributed by atoms with Crippen LogP contribution >= 0.6 is 35.3 Å². The number of halogens is 1. The number of nitrogens with two attached hydrogens (primary N) is 1. The van der Waals surface area contributed by atoms with Gasteiger partial charge in [0.15, 0.2) is 5.96 Å². The maximum absolute atomic E-state index is 5.95. The van der Waals surface area contributed by atoms with Crippen LogP contribution in [0.1, 0.15) is 35.3 Å². The lowest BCUT2D eigenvalue weighted by Gasteiger charge is -2.23. The first kappa shape index (κ1) is 18.6. The lowest BCUT2D eigenvalue weighted by molar-refractivity contribution is 0.267. The van der Waals surface area contributed by atoms with Gasteiger partial charge >= 0.3 is 0 Å². The maximum atomic E-state index is 5.95. The Bertz CT molecular complexity index is 474. The molecule has 0 amide bonds. The third-order valence-corrected chi connectivity index (χ3v) is 4.87. The second kappa shape index (κ2) is 8.89. The largest absolute Gasteiger partial charge is 0.370 e. The molecular formula is C14H26IN5S. The van der Waals surface area contributed by atoms with Gasteiger partial charge in [-0.1, -0.05) is 6.92 Å². The predicted octanol–water partition coefficient (Wildman–Crippen LogP) is 2.27. The van der Waals surface area contributed by atoms with Gasteiger partial charge in [-0.3, -0.25) is 4.90 Å². The van der Waals surface area contributed by atoms with E-state index in [1.165, 1.54) is 24.3 Å². The van der Waals surface area contributed by atoms with E-state index in [9.17, 15) is 0 Å². The molecule has 0 spiro atoms. The van der Waals surface area contributed by atoms with Gasteiger partial charge in [0.1, 0.15) is 0 Å². The molecule has 0 radical (unpaired) electrons. The normalized spacial score (nSPS) is 19.6. The molecule has 1 aromatic rings. The SMILES string of the molecule is CCN1CCCC1CNC(N)=NCc1sc(C)nc1C.I. The molecule has 120 valence electrons. The Balaban J connectivity index is 0.00000220. The van der Waals surface area contributed by atoms with E-state index in [2.05, 4.69) is 27.1 Å². The molecule has 7 heteroatoms. The number of aromatic nitrogens is 1. The summed E-state index contributed by atoms with van der Waals surface area (Å²) in [5.74, 6) is 0.540. The summed E-state index contributed by atoms with van der Waals surface area (Å²) in [6.45, 7) is 10.1. The van der Waals surface area contributed by atoms with Crippen LogP contribution in [0.3, 0.4) is 0 Å². The van der Waals surface area contributed by atoms with Gasteiger partial charge in [-0.2, -0.15) is 0 Å². The summed E-state index contributed by atoms with van der Waals surface area (Å²) < 4.78 is 0. The highest BCUT2D eigenvalue weighted by atomic mass is 127. The van der Waals surface area contributed by atoms with Crippen molar-refractivity contribution in [2.75, 3.05) is 19.6 Å². The molecule has 1 aromatic heterocycles. The number of nitrogens with one attached hydrogen (secondary N) is 1. The Labute approximate surface area is 148 Å². The van der Waals surface area contributed by atoms with E-state index in [0.29, 0.717) is 18.5 Å². The van der Waals surface area contributed by atoms with Crippen molar-refractivity contribution in [2.24, 2.45) is 10.7 Å². The average Bonchev–Trinajstić information content (AvgIpc) is 2.99. The van der Waals surface area contributed by atoms with Crippen LogP contribution in [0, 0.1) is 13.8 Å². The number of hydrogen-bond donors (Lipinski definition) is 2. The molecule has 1 fully saturated rings. The fourth-order valence-corrected chi connectivity index (χ4v) is 3.56. The number of likely N-dealkylation sites (N-methyl/N-ethyl adjacent to an activating group) is 1. The molecule has 1 saturated heterocycles. The Kier molecular flexibility index (Phi) is 7.89. The van der Waals surface area contributed by atoms with Crippen molar-refractivity contribution in [1.29, 1.82) is 0 Å². The summed E-state index contributed by atoms with van der Waals surface area (Å²) in [5, 5.41) is 4.34. The van der Waals surface area contributed by atoms with Crippen LogP contribution in [0.4, 0.5) is 0 Å². The standard InChI is InChI=1S/C14H25N5S.HI/c1-4-19-7-5-6-12(19)8-16-14(15)17-9-13-10(2)18-11(3)20-13;/h12H,4-9H2,1-3H3,(H3,15,16,17);1H. The van der Waals surface area contributed by atoms with Crippen molar-refractivity contribution in [3.63, 3.8) is 0 Å². The number of aryl methyl sites for hydroxylation is 2. The van der Waals surface area contributed by atoms with Crippen LogP contribution in [-0.2, 0) is 6.54 Å². The topological polar surface area (TPSA) is 66.5 Å². The van der Waals surface area contributed by atoms with Crippen molar-refractivity contribution < 1.29 is 0 Å². The molecule has 2 rings (SSSR count). The van der Waals surface area contributed by atoms with Gasteiger partial charge in [0.25, 0.3) is 0 Å². The second-order valence-corrected chi connectivity index (χ2v) is 6.54. The highest BCUT2D eigenvalue weighted by molar-refractivity contribution is 14.0. The van der Waals surface area contributed by atoms with Crippen LogP contribution < -0.4 is 11.1 Å². The maximum Gasteiger partial charge on any atom is 0.189 e. The van der Waals surface area contributed by atoms with Gasteiger partial charge in [-0.25, -0.2) is 9.98 Å². The molecule has 0 saturated carbocycles. The van der Waals surface area contributed by atoms with Crippen molar-refractivity contribution in [3.05, 3.63) is 15.6 Å². The van der Waals surface area contributed by atoms with Crippen LogP contribution in [0.5, 0.6) is 0 Å². The summed E-state index contributed by atoms with van der Waals surface area (Å²) in [4.78, 5) is 12.5. The summed E-state index contributed by atoms with van der Waals surface area (Å²) in [6.07, 6.45) is 2.54. The zero-order valence-corrected chi connectivity index (χ0v) is 16.2. The smallest absolute Gasteiger partial charge is 0.189 e. The number of thiazole rings is 1. The highest BCUT2D eigenvalue weighted by Gasteiger charge is 2.22. The number of aliphatic imine (C=N–C) groups is 1. The number of hydrogen-bond acceptors (Lipinski definition) is 4. The van der Waals surface area contributed by atoms with Crippen LogP contribution in [0.2, 0.25) is 0 Å². The zero-order valence-electron chi connectivity index (χ0n) is 13.1. The highest BCUT2D eigenvalue weighted by Crippen LogP contribution is 2.18. The molecule has 2 heterocycles. The first-order chi connectivity index (χ1) is 9.60. The zero-order chi connectivity index (χ0) is 14.5. The fourth-order valence-electron chi connectivity index (χ4n) is 2.70. The fraction of sp³-hybridized carbons (Fsp3) is 0.714. The monoisotopic (exact) mass is 423 g/mol. The minimum Gasteiger partial charge on any atom is -0.370 e. The molecule has 0 bridgehead atoms. The van der Waals surface area contributed by atoms with Crippen molar-refractivity contribution in [1.82, 2.24) is 15.2 Å². The van der Waals surface area contributed by atoms with E-state index >= 15 is 0 Å². The molecule has 3 N–H and O–H groups in total. The molecule has 21 heavy (non-hydrogen) atoms. The summed E-state index contributed by atoms with van der Waals surface area (Å²) in [7, 11) is 0. The van der Waals surface area contributed by atoms with Crippen molar-refractivity contribution in [2.45, 2.75) is 46.2 Å². The Hall–Kier alpha value is -0.410. The number of guanidine groups is 1. The van der Waals surface area contributed by atoms with E-state index in [1.807, 2.05) is 13.8 Å². The minimum absolute atomic E-state index is 0. The first-order valence-corrected chi connectivity index (χ1v) is 8.12. The minimum atomic E-state index is 0. The Morgan fingerprint density at radius 3 is 2.90 bits per heavy atom. The van der Waals surface area contributed by atoms with E-state index in [1.54, 1.807) is 11.3 Å². The molecule has 0 aliphatic carbocycles. The summed E-state index contributed by atoms with van der Waals surface area (Å²) in [6, 6.07) is 0.598. The van der Waals surface area contributed by atoms with Gasteiger partial charge in [-0.15, -0.1) is 35.3 Å². The predicted molar refractivity (Wildman–Crippen MR) is 101 cm³/mol. The third-order valence-electron chi connectivity index (χ3n) is 3.82.